The van der Waals surface area contributed by atoms with Gasteiger partial charge in [-0.05, 0) is 29.8 Å². The quantitative estimate of drug-likeness (QED) is 0.810. The Hall–Kier alpha value is -2.36. The largest absolute Gasteiger partial charge is 0.497 e. The van der Waals surface area contributed by atoms with E-state index in [1.54, 1.807) is 14.2 Å². The number of nitrogens with two attached hydrogens (primary N) is 1. The number of nitrogens with one attached hydrogen (secondary N) is 1. The second kappa shape index (κ2) is 6.00. The van der Waals surface area contributed by atoms with E-state index in [1.807, 2.05) is 42.5 Å². The van der Waals surface area contributed by atoms with Crippen LogP contribution in [-0.2, 0) is 6.54 Å². The number of hydrogen-bond acceptors (Lipinski definition) is 4. The molecule has 19 heavy (non-hydrogen) atoms. The molecule has 3 N–H and O–H groups in total. The maximum absolute atomic E-state index is 5.75. The van der Waals surface area contributed by atoms with E-state index in [9.17, 15) is 0 Å². The van der Waals surface area contributed by atoms with Crippen LogP contribution in [0.4, 0.5) is 11.4 Å². The maximum Gasteiger partial charge on any atom is 0.145 e. The van der Waals surface area contributed by atoms with Crippen molar-refractivity contribution >= 4 is 11.4 Å². The number of hydrogen-bond donors (Lipinski definition) is 2. The summed E-state index contributed by atoms with van der Waals surface area (Å²) in [6.07, 6.45) is 0. The topological polar surface area (TPSA) is 56.5 Å². The normalized spacial score (nSPS) is 10.0. The summed E-state index contributed by atoms with van der Waals surface area (Å²) in [4.78, 5) is 0. The van der Waals surface area contributed by atoms with E-state index in [4.69, 9.17) is 15.2 Å². The molecule has 0 bridgehead atoms. The molecule has 0 spiro atoms. The summed E-state index contributed by atoms with van der Waals surface area (Å²) in [5.41, 5.74) is 8.56. The zero-order valence-corrected chi connectivity index (χ0v) is 11.1. The van der Waals surface area contributed by atoms with Gasteiger partial charge < -0.3 is 20.5 Å². The number of anilines is 2. The first-order valence-corrected chi connectivity index (χ1v) is 6.03. The molecule has 4 nitrogen and oxygen atoms in total. The first kappa shape index (κ1) is 13.1. The van der Waals surface area contributed by atoms with Crippen LogP contribution in [0.1, 0.15) is 5.56 Å². The summed E-state index contributed by atoms with van der Waals surface area (Å²) in [7, 11) is 3.27. The number of benzene rings is 2. The van der Waals surface area contributed by atoms with Gasteiger partial charge in [0.15, 0.2) is 0 Å². The Balaban J connectivity index is 2.11. The van der Waals surface area contributed by atoms with Crippen molar-refractivity contribution < 1.29 is 9.47 Å². The molecule has 4 heteroatoms. The van der Waals surface area contributed by atoms with Crippen molar-refractivity contribution in [1.29, 1.82) is 0 Å². The summed E-state index contributed by atoms with van der Waals surface area (Å²) in [6.45, 7) is 0.688. The Labute approximate surface area is 113 Å². The molecular weight excluding hydrogens is 240 g/mol. The van der Waals surface area contributed by atoms with Gasteiger partial charge in [-0.15, -0.1) is 0 Å². The van der Waals surface area contributed by atoms with E-state index in [0.717, 1.165) is 28.4 Å². The predicted molar refractivity (Wildman–Crippen MR) is 77.7 cm³/mol. The van der Waals surface area contributed by atoms with Crippen LogP contribution in [-0.4, -0.2) is 14.2 Å². The van der Waals surface area contributed by atoms with Gasteiger partial charge in [0.1, 0.15) is 11.5 Å². The second-order valence-corrected chi connectivity index (χ2v) is 4.16. The van der Waals surface area contributed by atoms with Crippen molar-refractivity contribution in [3.05, 3.63) is 48.0 Å². The average Bonchev–Trinajstić information content (AvgIpc) is 2.45. The average molecular weight is 258 g/mol. The minimum absolute atomic E-state index is 0.688. The molecular formula is C15H18N2O2. The minimum atomic E-state index is 0.688. The van der Waals surface area contributed by atoms with Crippen molar-refractivity contribution in [2.75, 3.05) is 25.3 Å². The summed E-state index contributed by atoms with van der Waals surface area (Å²) < 4.78 is 10.5. The van der Waals surface area contributed by atoms with E-state index in [0.29, 0.717) is 6.54 Å². The van der Waals surface area contributed by atoms with Crippen molar-refractivity contribution in [3.63, 3.8) is 0 Å². The highest BCUT2D eigenvalue weighted by atomic mass is 16.5. The smallest absolute Gasteiger partial charge is 0.145 e. The van der Waals surface area contributed by atoms with Gasteiger partial charge in [-0.3, -0.25) is 0 Å². The van der Waals surface area contributed by atoms with Gasteiger partial charge in [-0.2, -0.15) is 0 Å². The lowest BCUT2D eigenvalue weighted by atomic mass is 10.2. The third-order valence-electron chi connectivity index (χ3n) is 2.84. The predicted octanol–water partition coefficient (Wildman–Crippen LogP) is 2.90. The lowest BCUT2D eigenvalue weighted by molar-refractivity contribution is 0.395. The van der Waals surface area contributed by atoms with Crippen LogP contribution in [0.2, 0.25) is 0 Å². The van der Waals surface area contributed by atoms with Crippen LogP contribution in [0.5, 0.6) is 11.5 Å². The Bertz CT molecular complexity index is 556. The van der Waals surface area contributed by atoms with Crippen molar-refractivity contribution in [2.45, 2.75) is 6.54 Å². The van der Waals surface area contributed by atoms with Gasteiger partial charge in [-0.25, -0.2) is 0 Å². The summed E-state index contributed by atoms with van der Waals surface area (Å²) in [6, 6.07) is 13.5. The molecule has 0 saturated heterocycles. The third kappa shape index (κ3) is 3.31. The minimum Gasteiger partial charge on any atom is -0.497 e. The fraction of sp³-hybridized carbons (Fsp3) is 0.200. The highest BCUT2D eigenvalue weighted by molar-refractivity contribution is 5.59. The number of rotatable bonds is 5. The SMILES string of the molecule is COc1ccc(NCc2cccc(N)c2)c(OC)c1. The number of methoxy groups -OCH3 is 2. The highest BCUT2D eigenvalue weighted by Gasteiger charge is 2.04. The van der Waals surface area contributed by atoms with Gasteiger partial charge in [0.25, 0.3) is 0 Å². The molecule has 0 fully saturated rings. The molecule has 2 rings (SSSR count). The van der Waals surface area contributed by atoms with Crippen LogP contribution >= 0.6 is 0 Å². The lowest BCUT2D eigenvalue weighted by Crippen LogP contribution is -2.02. The van der Waals surface area contributed by atoms with E-state index in [1.165, 1.54) is 0 Å². The molecule has 100 valence electrons. The highest BCUT2D eigenvalue weighted by Crippen LogP contribution is 2.29. The van der Waals surface area contributed by atoms with Crippen LogP contribution in [0, 0.1) is 0 Å². The van der Waals surface area contributed by atoms with Gasteiger partial charge in [0.05, 0.1) is 19.9 Å². The Kier molecular flexibility index (Phi) is 4.13. The molecule has 2 aromatic carbocycles. The molecule has 0 unspecified atom stereocenters. The number of ether oxygens (including phenoxy) is 2. The molecule has 0 atom stereocenters. The van der Waals surface area contributed by atoms with Crippen molar-refractivity contribution in [2.24, 2.45) is 0 Å². The van der Waals surface area contributed by atoms with Crippen LogP contribution in [0.25, 0.3) is 0 Å². The van der Waals surface area contributed by atoms with Gasteiger partial charge in [0.2, 0.25) is 0 Å². The molecule has 0 aliphatic heterocycles. The zero-order chi connectivity index (χ0) is 13.7. The molecule has 0 aromatic heterocycles. The standard InChI is InChI=1S/C15H18N2O2/c1-18-13-6-7-14(15(9-13)19-2)17-10-11-4-3-5-12(16)8-11/h3-9,17H,10,16H2,1-2H3. The third-order valence-corrected chi connectivity index (χ3v) is 2.84. The van der Waals surface area contributed by atoms with Crippen molar-refractivity contribution in [3.8, 4) is 11.5 Å². The maximum atomic E-state index is 5.75. The van der Waals surface area contributed by atoms with E-state index in [-0.39, 0.29) is 0 Å². The monoisotopic (exact) mass is 258 g/mol. The van der Waals surface area contributed by atoms with E-state index < -0.39 is 0 Å². The molecule has 0 radical (unpaired) electrons. The molecule has 0 amide bonds. The second-order valence-electron chi connectivity index (χ2n) is 4.16. The first-order chi connectivity index (χ1) is 9.22. The number of nitrogen functional groups attached to an aromatic ring is 1. The van der Waals surface area contributed by atoms with E-state index in [2.05, 4.69) is 5.32 Å². The summed E-state index contributed by atoms with van der Waals surface area (Å²) >= 11 is 0. The van der Waals surface area contributed by atoms with Crippen molar-refractivity contribution in [1.82, 2.24) is 0 Å². The van der Waals surface area contributed by atoms with E-state index >= 15 is 0 Å². The molecule has 0 aliphatic carbocycles. The zero-order valence-electron chi connectivity index (χ0n) is 11.1. The van der Waals surface area contributed by atoms with Crippen LogP contribution < -0.4 is 20.5 Å². The lowest BCUT2D eigenvalue weighted by Gasteiger charge is -2.12. The molecule has 0 heterocycles. The Morgan fingerprint density at radius 3 is 2.58 bits per heavy atom. The summed E-state index contributed by atoms with van der Waals surface area (Å²) in [5.74, 6) is 1.52. The van der Waals surface area contributed by atoms with Gasteiger partial charge in [0, 0.05) is 18.3 Å². The fourth-order valence-corrected chi connectivity index (χ4v) is 1.84. The Morgan fingerprint density at radius 2 is 1.89 bits per heavy atom. The summed E-state index contributed by atoms with van der Waals surface area (Å²) in [5, 5.41) is 3.32. The molecule has 0 saturated carbocycles. The molecule has 2 aromatic rings. The first-order valence-electron chi connectivity index (χ1n) is 6.03. The Morgan fingerprint density at radius 1 is 1.05 bits per heavy atom. The molecule has 0 aliphatic rings. The van der Waals surface area contributed by atoms with Crippen LogP contribution in [0.15, 0.2) is 42.5 Å². The van der Waals surface area contributed by atoms with Gasteiger partial charge >= 0.3 is 0 Å². The van der Waals surface area contributed by atoms with Crippen LogP contribution in [0.3, 0.4) is 0 Å². The fourth-order valence-electron chi connectivity index (χ4n) is 1.84. The van der Waals surface area contributed by atoms with Gasteiger partial charge in [-0.1, -0.05) is 12.1 Å².